The van der Waals surface area contributed by atoms with Crippen LogP contribution in [-0.4, -0.2) is 8.42 Å². The number of halogens is 2. The van der Waals surface area contributed by atoms with Gasteiger partial charge >= 0.3 is 0 Å². The summed E-state index contributed by atoms with van der Waals surface area (Å²) in [5.41, 5.74) is 6.71. The molecule has 0 spiro atoms. The number of benzene rings is 2. The van der Waals surface area contributed by atoms with Crippen LogP contribution in [0.25, 0.3) is 0 Å². The SMILES string of the molecule is Cc1c(N)cc(S(=O)(=O)Nc2cccc(F)c2)cc1Cl. The molecule has 0 aliphatic carbocycles. The molecule has 106 valence electrons. The van der Waals surface area contributed by atoms with Crippen molar-refractivity contribution in [3.63, 3.8) is 0 Å². The largest absolute Gasteiger partial charge is 0.398 e. The van der Waals surface area contributed by atoms with Crippen LogP contribution < -0.4 is 10.5 Å². The molecule has 3 N–H and O–H groups in total. The Morgan fingerprint density at radius 3 is 2.55 bits per heavy atom. The van der Waals surface area contributed by atoms with Crippen LogP contribution in [0.2, 0.25) is 5.02 Å². The van der Waals surface area contributed by atoms with Gasteiger partial charge in [-0.15, -0.1) is 0 Å². The average molecular weight is 315 g/mol. The summed E-state index contributed by atoms with van der Waals surface area (Å²) < 4.78 is 39.7. The molecule has 0 heterocycles. The molecule has 2 rings (SSSR count). The molecule has 0 amide bonds. The predicted octanol–water partition coefficient (Wildman–Crippen LogP) is 3.17. The third kappa shape index (κ3) is 3.02. The van der Waals surface area contributed by atoms with E-state index in [0.29, 0.717) is 5.56 Å². The summed E-state index contributed by atoms with van der Waals surface area (Å²) in [5.74, 6) is -0.536. The zero-order valence-electron chi connectivity index (χ0n) is 10.5. The monoisotopic (exact) mass is 314 g/mol. The Morgan fingerprint density at radius 2 is 1.95 bits per heavy atom. The van der Waals surface area contributed by atoms with E-state index in [1.165, 1.54) is 30.3 Å². The van der Waals surface area contributed by atoms with E-state index in [-0.39, 0.29) is 21.3 Å². The van der Waals surface area contributed by atoms with Crippen molar-refractivity contribution in [2.75, 3.05) is 10.5 Å². The van der Waals surface area contributed by atoms with Crippen LogP contribution in [0.15, 0.2) is 41.3 Å². The summed E-state index contributed by atoms with van der Waals surface area (Å²) in [5, 5.41) is 0.254. The minimum absolute atomic E-state index is 0.0742. The fourth-order valence-corrected chi connectivity index (χ4v) is 3.00. The molecule has 0 aromatic heterocycles. The van der Waals surface area contributed by atoms with Crippen LogP contribution in [0.5, 0.6) is 0 Å². The first-order chi connectivity index (χ1) is 9.29. The van der Waals surface area contributed by atoms with E-state index in [2.05, 4.69) is 4.72 Å². The summed E-state index contributed by atoms with van der Waals surface area (Å²) in [6.45, 7) is 1.69. The first-order valence-corrected chi connectivity index (χ1v) is 7.50. The topological polar surface area (TPSA) is 72.2 Å². The van der Waals surface area contributed by atoms with Gasteiger partial charge in [0.2, 0.25) is 0 Å². The second-order valence-electron chi connectivity index (χ2n) is 4.24. The maximum Gasteiger partial charge on any atom is 0.262 e. The number of nitrogen functional groups attached to an aromatic ring is 1. The predicted molar refractivity (Wildman–Crippen MR) is 77.8 cm³/mol. The number of hydrogen-bond donors (Lipinski definition) is 2. The summed E-state index contributed by atoms with van der Waals surface area (Å²) in [6.07, 6.45) is 0. The molecule has 0 saturated carbocycles. The van der Waals surface area contributed by atoms with Crippen molar-refractivity contribution in [2.45, 2.75) is 11.8 Å². The van der Waals surface area contributed by atoms with E-state index in [1.54, 1.807) is 6.92 Å². The lowest BCUT2D eigenvalue weighted by Gasteiger charge is -2.11. The molecule has 2 aromatic rings. The number of nitrogens with one attached hydrogen (secondary N) is 1. The van der Waals surface area contributed by atoms with Gasteiger partial charge in [-0.05, 0) is 42.8 Å². The molecule has 0 atom stereocenters. The highest BCUT2D eigenvalue weighted by Gasteiger charge is 2.17. The molecule has 0 aliphatic rings. The lowest BCUT2D eigenvalue weighted by atomic mass is 10.2. The second kappa shape index (κ2) is 5.30. The van der Waals surface area contributed by atoms with Gasteiger partial charge in [0.05, 0.1) is 10.6 Å². The van der Waals surface area contributed by atoms with Crippen molar-refractivity contribution in [1.29, 1.82) is 0 Å². The van der Waals surface area contributed by atoms with Crippen molar-refractivity contribution in [3.8, 4) is 0 Å². The minimum atomic E-state index is -3.87. The zero-order chi connectivity index (χ0) is 14.9. The van der Waals surface area contributed by atoms with Crippen molar-refractivity contribution < 1.29 is 12.8 Å². The smallest absolute Gasteiger partial charge is 0.262 e. The molecular weight excluding hydrogens is 303 g/mol. The molecule has 0 aliphatic heterocycles. The third-order valence-corrected chi connectivity index (χ3v) is 4.50. The average Bonchev–Trinajstić information content (AvgIpc) is 2.34. The lowest BCUT2D eigenvalue weighted by molar-refractivity contribution is 0.601. The van der Waals surface area contributed by atoms with Gasteiger partial charge in [-0.1, -0.05) is 17.7 Å². The first kappa shape index (κ1) is 14.6. The van der Waals surface area contributed by atoms with Gasteiger partial charge in [0.1, 0.15) is 5.82 Å². The van der Waals surface area contributed by atoms with Gasteiger partial charge in [-0.3, -0.25) is 4.72 Å². The van der Waals surface area contributed by atoms with Crippen LogP contribution >= 0.6 is 11.6 Å². The Kier molecular flexibility index (Phi) is 3.87. The van der Waals surface area contributed by atoms with Gasteiger partial charge in [0, 0.05) is 10.7 Å². The van der Waals surface area contributed by atoms with Gasteiger partial charge in [0.15, 0.2) is 0 Å². The highest BCUT2D eigenvalue weighted by Crippen LogP contribution is 2.27. The standard InChI is InChI=1S/C13H12ClFN2O2S/c1-8-12(14)6-11(7-13(8)16)20(18,19)17-10-4-2-3-9(15)5-10/h2-7,17H,16H2,1H3. The molecule has 7 heteroatoms. The number of anilines is 2. The van der Waals surface area contributed by atoms with Crippen molar-refractivity contribution >= 4 is 33.0 Å². The summed E-state index contributed by atoms with van der Waals surface area (Å²) in [4.78, 5) is -0.0742. The van der Waals surface area contributed by atoms with Crippen molar-refractivity contribution in [1.82, 2.24) is 0 Å². The Hall–Kier alpha value is -1.79. The zero-order valence-corrected chi connectivity index (χ0v) is 12.1. The van der Waals surface area contributed by atoms with Crippen LogP contribution in [0.3, 0.4) is 0 Å². The van der Waals surface area contributed by atoms with E-state index < -0.39 is 15.8 Å². The van der Waals surface area contributed by atoms with Crippen LogP contribution in [-0.2, 0) is 10.0 Å². The van der Waals surface area contributed by atoms with E-state index in [0.717, 1.165) is 6.07 Å². The van der Waals surface area contributed by atoms with Crippen LogP contribution in [0.4, 0.5) is 15.8 Å². The molecule has 4 nitrogen and oxygen atoms in total. The Balaban J connectivity index is 2.41. The van der Waals surface area contributed by atoms with Gasteiger partial charge in [0.25, 0.3) is 10.0 Å². The molecule has 0 fully saturated rings. The summed E-state index contributed by atoms with van der Waals surface area (Å²) in [6, 6.07) is 7.76. The van der Waals surface area contributed by atoms with Crippen molar-refractivity contribution in [2.24, 2.45) is 0 Å². The minimum Gasteiger partial charge on any atom is -0.398 e. The van der Waals surface area contributed by atoms with Crippen LogP contribution in [0, 0.1) is 12.7 Å². The highest BCUT2D eigenvalue weighted by atomic mass is 35.5. The number of rotatable bonds is 3. The quantitative estimate of drug-likeness (QED) is 0.855. The molecular formula is C13H12ClFN2O2S. The number of nitrogens with two attached hydrogens (primary N) is 1. The highest BCUT2D eigenvalue weighted by molar-refractivity contribution is 7.92. The number of hydrogen-bond acceptors (Lipinski definition) is 3. The van der Waals surface area contributed by atoms with E-state index in [4.69, 9.17) is 17.3 Å². The molecule has 2 aromatic carbocycles. The van der Waals surface area contributed by atoms with Gasteiger partial charge < -0.3 is 5.73 Å². The Labute approximate surface area is 121 Å². The van der Waals surface area contributed by atoms with E-state index in [1.807, 2.05) is 0 Å². The van der Waals surface area contributed by atoms with Crippen LogP contribution in [0.1, 0.15) is 5.56 Å². The van der Waals surface area contributed by atoms with E-state index >= 15 is 0 Å². The Bertz CT molecular complexity index is 740. The van der Waals surface area contributed by atoms with E-state index in [9.17, 15) is 12.8 Å². The maximum atomic E-state index is 13.1. The fourth-order valence-electron chi connectivity index (χ4n) is 1.60. The summed E-state index contributed by atoms with van der Waals surface area (Å²) >= 11 is 5.92. The maximum absolute atomic E-state index is 13.1. The molecule has 0 radical (unpaired) electrons. The number of sulfonamides is 1. The first-order valence-electron chi connectivity index (χ1n) is 5.63. The second-order valence-corrected chi connectivity index (χ2v) is 6.32. The molecule has 0 saturated heterocycles. The van der Waals surface area contributed by atoms with Crippen molar-refractivity contribution in [3.05, 3.63) is 52.8 Å². The Morgan fingerprint density at radius 1 is 1.25 bits per heavy atom. The lowest BCUT2D eigenvalue weighted by Crippen LogP contribution is -2.13. The van der Waals surface area contributed by atoms with Gasteiger partial charge in [-0.2, -0.15) is 0 Å². The molecule has 0 bridgehead atoms. The molecule has 0 unspecified atom stereocenters. The normalized spacial score (nSPS) is 11.3. The fraction of sp³-hybridized carbons (Fsp3) is 0.0769. The van der Waals surface area contributed by atoms with Gasteiger partial charge in [-0.25, -0.2) is 12.8 Å². The summed E-state index contributed by atoms with van der Waals surface area (Å²) in [7, 11) is -3.87. The third-order valence-electron chi connectivity index (χ3n) is 2.75. The molecule has 20 heavy (non-hydrogen) atoms.